The van der Waals surface area contributed by atoms with Crippen LogP contribution in [0.5, 0.6) is 5.75 Å². The fourth-order valence-electron chi connectivity index (χ4n) is 2.54. The van der Waals surface area contributed by atoms with Crippen LogP contribution in [-0.2, 0) is 4.79 Å². The first-order valence-corrected chi connectivity index (χ1v) is 11.0. The second-order valence-electron chi connectivity index (χ2n) is 7.48. The Morgan fingerprint density at radius 3 is 2.52 bits per heavy atom. The number of hydrogen-bond donors (Lipinski definition) is 1. The Balaban J connectivity index is 2.11. The lowest BCUT2D eigenvalue weighted by Gasteiger charge is -2.07. The quantitative estimate of drug-likeness (QED) is 0.197. The first-order valence-electron chi connectivity index (χ1n) is 10.2. The molecule has 0 bridgehead atoms. The highest BCUT2D eigenvalue weighted by Gasteiger charge is 2.10. The number of carbonyl (C=O) groups excluding carboxylic acids is 1. The van der Waals surface area contributed by atoms with Crippen LogP contribution in [0.3, 0.4) is 0 Å². The fourth-order valence-corrected chi connectivity index (χ4v) is 2.83. The fraction of sp³-hybridized carbons (Fsp3) is 0.522. The van der Waals surface area contributed by atoms with Crippen LogP contribution in [-0.4, -0.2) is 19.1 Å². The topological polar surface area (TPSA) is 38.3 Å². The molecule has 0 aliphatic heterocycles. The number of carbonyl (C=O) groups is 1. The van der Waals surface area contributed by atoms with E-state index in [-0.39, 0.29) is 0 Å². The van der Waals surface area contributed by atoms with Crippen LogP contribution in [0, 0.1) is 5.92 Å². The highest BCUT2D eigenvalue weighted by atomic mass is 35.5. The standard InChI is InChI=1S/C23H32Cl2FNO2/c1-17(2)16-27-23(28)22(26)18(3)11-9-7-5-4-6-8-10-14-29-19-12-13-20(24)21(25)15-19/h9,11-13,15,17H,4-8,10,14,16H2,1-3H3,(H,27,28). The van der Waals surface area contributed by atoms with Crippen molar-refractivity contribution in [1.82, 2.24) is 5.32 Å². The molecule has 0 aliphatic carbocycles. The third kappa shape index (κ3) is 11.3. The Labute approximate surface area is 184 Å². The lowest BCUT2D eigenvalue weighted by molar-refractivity contribution is -0.119. The molecule has 3 nitrogen and oxygen atoms in total. The van der Waals surface area contributed by atoms with E-state index in [2.05, 4.69) is 5.32 Å². The van der Waals surface area contributed by atoms with Crippen molar-refractivity contribution in [3.63, 3.8) is 0 Å². The summed E-state index contributed by atoms with van der Waals surface area (Å²) in [6.07, 6.45) is 9.84. The number of unbranched alkanes of at least 4 members (excludes halogenated alkanes) is 5. The van der Waals surface area contributed by atoms with E-state index >= 15 is 0 Å². The first-order chi connectivity index (χ1) is 13.8. The van der Waals surface area contributed by atoms with Crippen molar-refractivity contribution < 1.29 is 13.9 Å². The maximum absolute atomic E-state index is 13.9. The summed E-state index contributed by atoms with van der Waals surface area (Å²) in [7, 11) is 0. The predicted octanol–water partition coefficient (Wildman–Crippen LogP) is 7.28. The highest BCUT2D eigenvalue weighted by molar-refractivity contribution is 6.42. The summed E-state index contributed by atoms with van der Waals surface area (Å²) in [4.78, 5) is 11.7. The van der Waals surface area contributed by atoms with Gasteiger partial charge in [-0.1, -0.05) is 68.5 Å². The van der Waals surface area contributed by atoms with E-state index in [1.54, 1.807) is 25.1 Å². The van der Waals surface area contributed by atoms with Gasteiger partial charge >= 0.3 is 0 Å². The van der Waals surface area contributed by atoms with Gasteiger partial charge in [0, 0.05) is 12.6 Å². The Bertz CT molecular complexity index is 702. The molecule has 0 radical (unpaired) electrons. The SMILES string of the molecule is CC(C=CCCCCCCCOc1ccc(Cl)c(Cl)c1)=C(F)C(=O)NCC(C)C. The van der Waals surface area contributed by atoms with Crippen LogP contribution in [0.1, 0.15) is 59.3 Å². The van der Waals surface area contributed by atoms with E-state index in [0.717, 1.165) is 44.3 Å². The van der Waals surface area contributed by atoms with Gasteiger partial charge in [0.1, 0.15) is 5.75 Å². The van der Waals surface area contributed by atoms with Gasteiger partial charge in [0.25, 0.3) is 5.91 Å². The van der Waals surface area contributed by atoms with Crippen molar-refractivity contribution in [2.75, 3.05) is 13.2 Å². The van der Waals surface area contributed by atoms with Gasteiger partial charge in [-0.05, 0) is 49.8 Å². The van der Waals surface area contributed by atoms with Gasteiger partial charge in [-0.2, -0.15) is 0 Å². The van der Waals surface area contributed by atoms with Crippen LogP contribution in [0.25, 0.3) is 0 Å². The first kappa shape index (κ1) is 25.5. The number of allylic oxidation sites excluding steroid dienone is 3. The van der Waals surface area contributed by atoms with Gasteiger partial charge in [0.05, 0.1) is 16.7 Å². The molecule has 0 fully saturated rings. The molecule has 1 aromatic rings. The Kier molecular flexibility index (Phi) is 12.7. The zero-order chi connectivity index (χ0) is 21.6. The molecule has 29 heavy (non-hydrogen) atoms. The van der Waals surface area contributed by atoms with E-state index in [9.17, 15) is 9.18 Å². The molecular formula is C23H32Cl2FNO2. The van der Waals surface area contributed by atoms with Gasteiger partial charge in [-0.25, -0.2) is 4.39 Å². The molecule has 6 heteroatoms. The smallest absolute Gasteiger partial charge is 0.280 e. The molecule has 1 amide bonds. The summed E-state index contributed by atoms with van der Waals surface area (Å²) < 4.78 is 19.6. The van der Waals surface area contributed by atoms with Gasteiger partial charge in [0.15, 0.2) is 5.83 Å². The monoisotopic (exact) mass is 443 g/mol. The summed E-state index contributed by atoms with van der Waals surface area (Å²) in [6.45, 7) is 6.69. The van der Waals surface area contributed by atoms with Gasteiger partial charge in [0.2, 0.25) is 0 Å². The maximum Gasteiger partial charge on any atom is 0.280 e. The summed E-state index contributed by atoms with van der Waals surface area (Å²) >= 11 is 11.8. The lowest BCUT2D eigenvalue weighted by Crippen LogP contribution is -2.27. The Morgan fingerprint density at radius 2 is 1.83 bits per heavy atom. The minimum atomic E-state index is -0.705. The predicted molar refractivity (Wildman–Crippen MR) is 120 cm³/mol. The number of rotatable bonds is 13. The average molecular weight is 444 g/mol. The molecule has 0 aliphatic rings. The van der Waals surface area contributed by atoms with E-state index in [4.69, 9.17) is 27.9 Å². The van der Waals surface area contributed by atoms with E-state index in [0.29, 0.717) is 34.7 Å². The number of nitrogens with one attached hydrogen (secondary N) is 1. The van der Waals surface area contributed by atoms with Crippen molar-refractivity contribution >= 4 is 29.1 Å². The molecule has 1 rings (SSSR count). The zero-order valence-corrected chi connectivity index (χ0v) is 19.1. The maximum atomic E-state index is 13.9. The van der Waals surface area contributed by atoms with Crippen molar-refractivity contribution in [3.8, 4) is 5.75 Å². The van der Waals surface area contributed by atoms with Crippen molar-refractivity contribution in [3.05, 3.63) is 51.8 Å². The molecule has 0 heterocycles. The second kappa shape index (κ2) is 14.5. The van der Waals surface area contributed by atoms with Gasteiger partial charge < -0.3 is 10.1 Å². The van der Waals surface area contributed by atoms with Crippen LogP contribution in [0.15, 0.2) is 41.8 Å². The van der Waals surface area contributed by atoms with Crippen molar-refractivity contribution in [2.45, 2.75) is 59.3 Å². The molecule has 1 N–H and O–H groups in total. The minimum Gasteiger partial charge on any atom is -0.494 e. The summed E-state index contributed by atoms with van der Waals surface area (Å²) in [6, 6.07) is 5.27. The minimum absolute atomic E-state index is 0.296. The highest BCUT2D eigenvalue weighted by Crippen LogP contribution is 2.26. The molecular weight excluding hydrogens is 412 g/mol. The van der Waals surface area contributed by atoms with Crippen LogP contribution >= 0.6 is 23.2 Å². The summed E-state index contributed by atoms with van der Waals surface area (Å²) in [5, 5.41) is 3.61. The molecule has 162 valence electrons. The molecule has 1 aromatic carbocycles. The number of benzene rings is 1. The third-order valence-corrected chi connectivity index (χ3v) is 5.00. The molecule has 0 saturated heterocycles. The number of amides is 1. The van der Waals surface area contributed by atoms with Crippen LogP contribution < -0.4 is 10.1 Å². The molecule has 0 saturated carbocycles. The number of ether oxygens (including phenoxy) is 1. The van der Waals surface area contributed by atoms with Crippen molar-refractivity contribution in [2.24, 2.45) is 5.92 Å². The third-order valence-electron chi connectivity index (χ3n) is 4.26. The largest absolute Gasteiger partial charge is 0.494 e. The van der Waals surface area contributed by atoms with Gasteiger partial charge in [-0.3, -0.25) is 4.79 Å². The number of halogens is 3. The second-order valence-corrected chi connectivity index (χ2v) is 8.30. The summed E-state index contributed by atoms with van der Waals surface area (Å²) in [5.74, 6) is -0.309. The van der Waals surface area contributed by atoms with E-state index in [1.807, 2.05) is 26.0 Å². The zero-order valence-electron chi connectivity index (χ0n) is 17.6. The molecule has 0 atom stereocenters. The Hall–Kier alpha value is -1.52. The number of hydrogen-bond acceptors (Lipinski definition) is 2. The van der Waals surface area contributed by atoms with E-state index in [1.165, 1.54) is 0 Å². The van der Waals surface area contributed by atoms with Crippen LogP contribution in [0.2, 0.25) is 10.0 Å². The average Bonchev–Trinajstić information content (AvgIpc) is 2.69. The molecule has 0 spiro atoms. The van der Waals surface area contributed by atoms with Crippen molar-refractivity contribution in [1.29, 1.82) is 0 Å². The summed E-state index contributed by atoms with van der Waals surface area (Å²) in [5.41, 5.74) is 0.366. The Morgan fingerprint density at radius 1 is 1.14 bits per heavy atom. The molecule has 0 aromatic heterocycles. The lowest BCUT2D eigenvalue weighted by atomic mass is 10.1. The molecule has 0 unspecified atom stereocenters. The van der Waals surface area contributed by atoms with Crippen LogP contribution in [0.4, 0.5) is 4.39 Å². The van der Waals surface area contributed by atoms with E-state index < -0.39 is 11.7 Å². The normalized spacial score (nSPS) is 12.4. The van der Waals surface area contributed by atoms with Gasteiger partial charge in [-0.15, -0.1) is 0 Å².